The Labute approximate surface area is 219 Å². The maximum Gasteiger partial charge on any atom is 0.230 e. The number of rotatable bonds is 7. The Kier molecular flexibility index (Phi) is 8.51. The van der Waals surface area contributed by atoms with Crippen LogP contribution in [0.3, 0.4) is 0 Å². The first-order chi connectivity index (χ1) is 16.8. The molecule has 2 aliphatic carbocycles. The van der Waals surface area contributed by atoms with Crippen LogP contribution in [-0.2, 0) is 14.3 Å². The van der Waals surface area contributed by atoms with Crippen molar-refractivity contribution in [3.63, 3.8) is 0 Å². The van der Waals surface area contributed by atoms with Gasteiger partial charge in [-0.25, -0.2) is 0 Å². The molecule has 0 radical (unpaired) electrons. The van der Waals surface area contributed by atoms with Gasteiger partial charge in [-0.15, -0.1) is 0 Å². The van der Waals surface area contributed by atoms with Crippen LogP contribution in [0.25, 0.3) is 5.57 Å². The number of thiocarbonyl (C=S) groups is 1. The molecule has 186 valence electrons. The van der Waals surface area contributed by atoms with E-state index in [1.807, 2.05) is 30.3 Å². The van der Waals surface area contributed by atoms with Gasteiger partial charge < -0.3 is 9.47 Å². The fraction of sp³-hybridized carbons (Fsp3) is 0.467. The smallest absolute Gasteiger partial charge is 0.230 e. The molecule has 0 unspecified atom stereocenters. The number of hydrogen-bond acceptors (Lipinski definition) is 5. The minimum absolute atomic E-state index is 0.150. The van der Waals surface area contributed by atoms with Crippen molar-refractivity contribution in [3.8, 4) is 0 Å². The van der Waals surface area contributed by atoms with Gasteiger partial charge in [0.25, 0.3) is 0 Å². The molecule has 35 heavy (non-hydrogen) atoms. The summed E-state index contributed by atoms with van der Waals surface area (Å²) < 4.78 is 13.3. The Bertz CT molecular complexity index is 1100. The van der Waals surface area contributed by atoms with Gasteiger partial charge in [0.1, 0.15) is 5.76 Å². The average Bonchev–Trinajstić information content (AvgIpc) is 3.04. The summed E-state index contributed by atoms with van der Waals surface area (Å²) >= 11 is 7.17. The number of carbonyl (C=O) groups excluding carboxylic acids is 1. The maximum atomic E-state index is 13.7. The van der Waals surface area contributed by atoms with Gasteiger partial charge in [0.05, 0.1) is 11.7 Å². The summed E-state index contributed by atoms with van der Waals surface area (Å²) in [5.41, 5.74) is 4.80. The molecule has 0 saturated heterocycles. The van der Waals surface area contributed by atoms with Crippen LogP contribution in [-0.4, -0.2) is 22.9 Å². The predicted molar refractivity (Wildman–Crippen MR) is 149 cm³/mol. The molecule has 0 amide bonds. The Hall–Kier alpha value is -1.95. The zero-order chi connectivity index (χ0) is 25.0. The largest absolute Gasteiger partial charge is 0.442 e. The van der Waals surface area contributed by atoms with Crippen LogP contribution in [0.15, 0.2) is 53.1 Å². The van der Waals surface area contributed by atoms with Crippen LogP contribution >= 0.6 is 24.0 Å². The Morgan fingerprint density at radius 3 is 2.54 bits per heavy atom. The number of Topliss-reactive ketones (excluding diaryl/α,β-unsaturated/α-hetero) is 1. The quantitative estimate of drug-likeness (QED) is 0.214. The fourth-order valence-electron chi connectivity index (χ4n) is 5.75. The highest BCUT2D eigenvalue weighted by atomic mass is 32.2. The van der Waals surface area contributed by atoms with E-state index in [0.717, 1.165) is 78.0 Å². The molecular formula is C30H36O3S2. The van der Waals surface area contributed by atoms with E-state index in [-0.39, 0.29) is 17.3 Å². The lowest BCUT2D eigenvalue weighted by atomic mass is 9.71. The number of unbranched alkanes of at least 4 members (excludes halogenated alkanes) is 1. The number of ether oxygens (including phenoxy) is 2. The fourth-order valence-corrected chi connectivity index (χ4v) is 6.74. The molecule has 0 N–H and O–H groups in total. The highest BCUT2D eigenvalue weighted by Gasteiger charge is 2.51. The van der Waals surface area contributed by atoms with E-state index in [9.17, 15) is 4.79 Å². The van der Waals surface area contributed by atoms with Crippen molar-refractivity contribution in [2.45, 2.75) is 83.6 Å². The standard InChI is InChI=1S/C30H36O3S2/c1-5-6-15-32-23-11-10-14-30(18-23)19-25(31)27(26-21(3)16-20(2)17-22(26)4)28(30)33-29(34)35-24-12-8-7-9-13-24/h7-9,12-13,16-17,23H,5-6,10-11,14-15,18-19H2,1-4H3/t23-,30+/m0/s1. The van der Waals surface area contributed by atoms with E-state index >= 15 is 0 Å². The first-order valence-electron chi connectivity index (χ1n) is 12.8. The number of benzene rings is 2. The van der Waals surface area contributed by atoms with Crippen molar-refractivity contribution in [3.05, 3.63) is 70.5 Å². The molecule has 0 aliphatic heterocycles. The lowest BCUT2D eigenvalue weighted by molar-refractivity contribution is -0.115. The average molecular weight is 509 g/mol. The van der Waals surface area contributed by atoms with Crippen LogP contribution in [0.1, 0.15) is 74.1 Å². The van der Waals surface area contributed by atoms with Gasteiger partial charge in [0.2, 0.25) is 4.38 Å². The van der Waals surface area contributed by atoms with E-state index in [2.05, 4.69) is 39.8 Å². The second-order valence-electron chi connectivity index (χ2n) is 10.1. The van der Waals surface area contributed by atoms with E-state index in [0.29, 0.717) is 10.8 Å². The SMILES string of the molecule is CCCCO[C@H]1CCC[C@]2(CC(=O)C(c3c(C)cc(C)cc3C)=C2OC(=S)Sc2ccccc2)C1. The van der Waals surface area contributed by atoms with Crippen molar-refractivity contribution in [1.82, 2.24) is 0 Å². The van der Waals surface area contributed by atoms with Crippen LogP contribution in [0.2, 0.25) is 0 Å². The maximum absolute atomic E-state index is 13.7. The normalized spacial score (nSPS) is 22.2. The Balaban J connectivity index is 1.74. The molecule has 2 aliphatic rings. The van der Waals surface area contributed by atoms with Crippen LogP contribution in [0.4, 0.5) is 0 Å². The topological polar surface area (TPSA) is 35.5 Å². The monoisotopic (exact) mass is 508 g/mol. The van der Waals surface area contributed by atoms with Crippen molar-refractivity contribution in [2.75, 3.05) is 6.61 Å². The van der Waals surface area contributed by atoms with Gasteiger partial charge in [0.15, 0.2) is 5.78 Å². The van der Waals surface area contributed by atoms with Gasteiger partial charge in [-0.2, -0.15) is 0 Å². The van der Waals surface area contributed by atoms with E-state index < -0.39 is 0 Å². The van der Waals surface area contributed by atoms with Gasteiger partial charge >= 0.3 is 0 Å². The molecule has 0 heterocycles. The summed E-state index contributed by atoms with van der Waals surface area (Å²) in [6, 6.07) is 14.3. The van der Waals surface area contributed by atoms with Crippen LogP contribution in [0, 0.1) is 26.2 Å². The Morgan fingerprint density at radius 1 is 1.14 bits per heavy atom. The molecule has 3 nitrogen and oxygen atoms in total. The summed E-state index contributed by atoms with van der Waals surface area (Å²) in [6.07, 6.45) is 6.59. The van der Waals surface area contributed by atoms with Crippen LogP contribution < -0.4 is 0 Å². The lowest BCUT2D eigenvalue weighted by Gasteiger charge is -2.39. The molecule has 0 aromatic heterocycles. The van der Waals surface area contributed by atoms with E-state index in [1.165, 1.54) is 17.3 Å². The highest BCUT2D eigenvalue weighted by Crippen LogP contribution is 2.55. The number of ketones is 1. The van der Waals surface area contributed by atoms with Gasteiger partial charge in [0, 0.05) is 23.3 Å². The molecule has 2 atom stereocenters. The molecule has 1 fully saturated rings. The van der Waals surface area contributed by atoms with E-state index in [4.69, 9.17) is 21.7 Å². The predicted octanol–water partition coefficient (Wildman–Crippen LogP) is 8.14. The number of allylic oxidation sites excluding steroid dienone is 2. The zero-order valence-corrected chi connectivity index (χ0v) is 22.9. The second-order valence-corrected chi connectivity index (χ2v) is 11.7. The third-order valence-electron chi connectivity index (χ3n) is 7.19. The number of carbonyl (C=O) groups is 1. The first kappa shape index (κ1) is 26.1. The third kappa shape index (κ3) is 5.90. The zero-order valence-electron chi connectivity index (χ0n) is 21.3. The van der Waals surface area contributed by atoms with E-state index in [1.54, 1.807) is 0 Å². The van der Waals surface area contributed by atoms with Gasteiger partial charge in [-0.3, -0.25) is 4.79 Å². The third-order valence-corrected chi connectivity index (χ3v) is 8.29. The highest BCUT2D eigenvalue weighted by molar-refractivity contribution is 8.22. The summed E-state index contributed by atoms with van der Waals surface area (Å²) in [5, 5.41) is 0. The molecule has 1 spiro atoms. The van der Waals surface area contributed by atoms with Crippen molar-refractivity contribution >= 4 is 39.7 Å². The number of aryl methyl sites for hydroxylation is 3. The van der Waals surface area contributed by atoms with Crippen molar-refractivity contribution < 1.29 is 14.3 Å². The molecule has 5 heteroatoms. The molecular weight excluding hydrogens is 472 g/mol. The summed E-state index contributed by atoms with van der Waals surface area (Å²) in [6.45, 7) is 9.23. The summed E-state index contributed by atoms with van der Waals surface area (Å²) in [4.78, 5) is 14.8. The molecule has 2 aromatic carbocycles. The first-order valence-corrected chi connectivity index (χ1v) is 14.0. The van der Waals surface area contributed by atoms with Crippen LogP contribution in [0.5, 0.6) is 0 Å². The molecule has 4 rings (SSSR count). The minimum atomic E-state index is -0.355. The second kappa shape index (κ2) is 11.4. The van der Waals surface area contributed by atoms with Gasteiger partial charge in [-0.1, -0.05) is 49.2 Å². The number of thioether (sulfide) groups is 1. The Morgan fingerprint density at radius 2 is 1.86 bits per heavy atom. The number of hydrogen-bond donors (Lipinski definition) is 0. The van der Waals surface area contributed by atoms with Crippen molar-refractivity contribution in [1.29, 1.82) is 0 Å². The molecule has 0 bridgehead atoms. The lowest BCUT2D eigenvalue weighted by Crippen LogP contribution is -2.34. The summed E-state index contributed by atoms with van der Waals surface area (Å²) in [5.74, 6) is 0.937. The van der Waals surface area contributed by atoms with Crippen molar-refractivity contribution in [2.24, 2.45) is 5.41 Å². The summed E-state index contributed by atoms with van der Waals surface area (Å²) in [7, 11) is 0. The minimum Gasteiger partial charge on any atom is -0.442 e. The molecule has 1 saturated carbocycles. The molecule has 2 aromatic rings. The van der Waals surface area contributed by atoms with Gasteiger partial charge in [-0.05, 0) is 106 Å².